The average Bonchev–Trinajstić information content (AvgIpc) is 2.25. The summed E-state index contributed by atoms with van der Waals surface area (Å²) in [6.07, 6.45) is 5.20. The zero-order valence-corrected chi connectivity index (χ0v) is 10.7. The molecule has 0 aliphatic heterocycles. The first-order chi connectivity index (χ1) is 8.13. The summed E-state index contributed by atoms with van der Waals surface area (Å²) in [6, 6.07) is 0. The van der Waals surface area contributed by atoms with Crippen molar-refractivity contribution in [1.82, 2.24) is 15.0 Å². The van der Waals surface area contributed by atoms with Gasteiger partial charge in [-0.2, -0.15) is 15.0 Å². The number of hydrogen-bond acceptors (Lipinski definition) is 5. The summed E-state index contributed by atoms with van der Waals surface area (Å²) in [6.45, 7) is 3.19. The standard InChI is InChI=1S/C11H18ClN5/c1-7-3-2-4-8(5-7)6-14-11-16-9(12)15-10(13)17-11/h7-8H,2-6H2,1H3,(H3,13,14,15,16,17). The van der Waals surface area contributed by atoms with E-state index in [1.165, 1.54) is 25.7 Å². The minimum Gasteiger partial charge on any atom is -0.368 e. The molecule has 5 nitrogen and oxygen atoms in total. The van der Waals surface area contributed by atoms with Gasteiger partial charge in [0.15, 0.2) is 0 Å². The highest BCUT2D eigenvalue weighted by molar-refractivity contribution is 6.28. The van der Waals surface area contributed by atoms with Gasteiger partial charge < -0.3 is 11.1 Å². The van der Waals surface area contributed by atoms with E-state index in [9.17, 15) is 0 Å². The van der Waals surface area contributed by atoms with E-state index < -0.39 is 0 Å². The fourth-order valence-electron chi connectivity index (χ4n) is 2.43. The molecule has 1 aliphatic carbocycles. The van der Waals surface area contributed by atoms with E-state index >= 15 is 0 Å². The summed E-state index contributed by atoms with van der Waals surface area (Å²) in [5.41, 5.74) is 5.50. The number of aromatic nitrogens is 3. The van der Waals surface area contributed by atoms with E-state index in [0.29, 0.717) is 11.9 Å². The number of nitrogens with one attached hydrogen (secondary N) is 1. The molecule has 1 aliphatic rings. The quantitative estimate of drug-likeness (QED) is 0.867. The van der Waals surface area contributed by atoms with Crippen molar-refractivity contribution < 1.29 is 0 Å². The molecule has 2 atom stereocenters. The molecule has 2 unspecified atom stereocenters. The molecular weight excluding hydrogens is 238 g/mol. The van der Waals surface area contributed by atoms with Gasteiger partial charge in [0.25, 0.3) is 0 Å². The molecule has 3 N–H and O–H groups in total. The molecule has 1 fully saturated rings. The van der Waals surface area contributed by atoms with Crippen LogP contribution in [-0.2, 0) is 0 Å². The van der Waals surface area contributed by atoms with Crippen LogP contribution in [0.2, 0.25) is 5.28 Å². The third kappa shape index (κ3) is 3.70. The van der Waals surface area contributed by atoms with Crippen LogP contribution in [0.1, 0.15) is 32.6 Å². The zero-order chi connectivity index (χ0) is 12.3. The normalized spacial score (nSPS) is 24.6. The second-order valence-electron chi connectivity index (χ2n) is 4.80. The van der Waals surface area contributed by atoms with Gasteiger partial charge in [-0.3, -0.25) is 0 Å². The van der Waals surface area contributed by atoms with Crippen LogP contribution in [0.5, 0.6) is 0 Å². The van der Waals surface area contributed by atoms with Gasteiger partial charge in [0.1, 0.15) is 0 Å². The first-order valence-corrected chi connectivity index (χ1v) is 6.42. The SMILES string of the molecule is CC1CCCC(CNc2nc(N)nc(Cl)n2)C1. The van der Waals surface area contributed by atoms with E-state index in [1.54, 1.807) is 0 Å². The molecule has 0 bridgehead atoms. The molecule has 0 saturated heterocycles. The van der Waals surface area contributed by atoms with Gasteiger partial charge >= 0.3 is 0 Å². The topological polar surface area (TPSA) is 76.7 Å². The van der Waals surface area contributed by atoms with E-state index in [1.807, 2.05) is 0 Å². The van der Waals surface area contributed by atoms with E-state index in [-0.39, 0.29) is 11.2 Å². The molecule has 0 radical (unpaired) electrons. The Morgan fingerprint density at radius 2 is 2.18 bits per heavy atom. The molecule has 0 aromatic carbocycles. The second kappa shape index (κ2) is 5.49. The van der Waals surface area contributed by atoms with Gasteiger partial charge in [0.2, 0.25) is 17.2 Å². The molecule has 94 valence electrons. The molecule has 6 heteroatoms. The van der Waals surface area contributed by atoms with Crippen molar-refractivity contribution in [3.05, 3.63) is 5.28 Å². The van der Waals surface area contributed by atoms with Gasteiger partial charge in [-0.25, -0.2) is 0 Å². The van der Waals surface area contributed by atoms with Crippen molar-refractivity contribution in [2.24, 2.45) is 11.8 Å². The molecular formula is C11H18ClN5. The maximum Gasteiger partial charge on any atom is 0.228 e. The lowest BCUT2D eigenvalue weighted by molar-refractivity contribution is 0.293. The third-order valence-electron chi connectivity index (χ3n) is 3.22. The van der Waals surface area contributed by atoms with Crippen molar-refractivity contribution in [1.29, 1.82) is 0 Å². The van der Waals surface area contributed by atoms with Gasteiger partial charge in [0, 0.05) is 6.54 Å². The van der Waals surface area contributed by atoms with E-state index in [0.717, 1.165) is 12.5 Å². The van der Waals surface area contributed by atoms with Crippen LogP contribution >= 0.6 is 11.6 Å². The van der Waals surface area contributed by atoms with Gasteiger partial charge in [-0.15, -0.1) is 0 Å². The van der Waals surface area contributed by atoms with E-state index in [2.05, 4.69) is 27.2 Å². The summed E-state index contributed by atoms with van der Waals surface area (Å²) in [5, 5.41) is 3.33. The van der Waals surface area contributed by atoms with Crippen LogP contribution in [0.3, 0.4) is 0 Å². The van der Waals surface area contributed by atoms with Crippen molar-refractivity contribution in [2.45, 2.75) is 32.6 Å². The minimum atomic E-state index is 0.136. The Morgan fingerprint density at radius 3 is 2.88 bits per heavy atom. The number of hydrogen-bond donors (Lipinski definition) is 2. The lowest BCUT2D eigenvalue weighted by atomic mass is 9.82. The maximum absolute atomic E-state index is 5.71. The number of anilines is 2. The fourth-order valence-corrected chi connectivity index (χ4v) is 2.59. The van der Waals surface area contributed by atoms with Crippen LogP contribution in [0.4, 0.5) is 11.9 Å². The molecule has 1 aromatic rings. The molecule has 0 amide bonds. The van der Waals surface area contributed by atoms with Crippen LogP contribution in [0, 0.1) is 11.8 Å². The molecule has 2 rings (SSSR count). The van der Waals surface area contributed by atoms with Crippen molar-refractivity contribution in [3.8, 4) is 0 Å². The smallest absolute Gasteiger partial charge is 0.228 e. The Kier molecular flexibility index (Phi) is 3.99. The summed E-state index contributed by atoms with van der Waals surface area (Å²) in [4.78, 5) is 11.7. The highest BCUT2D eigenvalue weighted by Crippen LogP contribution is 2.28. The highest BCUT2D eigenvalue weighted by Gasteiger charge is 2.18. The lowest BCUT2D eigenvalue weighted by Crippen LogP contribution is -2.22. The number of nitrogens with zero attached hydrogens (tertiary/aromatic N) is 3. The fraction of sp³-hybridized carbons (Fsp3) is 0.727. The Labute approximate surface area is 106 Å². The van der Waals surface area contributed by atoms with Crippen LogP contribution < -0.4 is 11.1 Å². The predicted octanol–water partition coefficient (Wildman–Crippen LogP) is 2.35. The zero-order valence-electron chi connectivity index (χ0n) is 9.99. The monoisotopic (exact) mass is 255 g/mol. The van der Waals surface area contributed by atoms with Crippen LogP contribution in [-0.4, -0.2) is 21.5 Å². The van der Waals surface area contributed by atoms with Crippen molar-refractivity contribution in [2.75, 3.05) is 17.6 Å². The molecule has 0 spiro atoms. The average molecular weight is 256 g/mol. The van der Waals surface area contributed by atoms with Gasteiger partial charge in [-0.05, 0) is 36.3 Å². The maximum atomic E-state index is 5.71. The van der Waals surface area contributed by atoms with Crippen LogP contribution in [0.25, 0.3) is 0 Å². The highest BCUT2D eigenvalue weighted by atomic mass is 35.5. The summed E-state index contributed by atoms with van der Waals surface area (Å²) in [7, 11) is 0. The second-order valence-corrected chi connectivity index (χ2v) is 5.14. The number of halogens is 1. The molecule has 1 saturated carbocycles. The Hall–Kier alpha value is -1.10. The van der Waals surface area contributed by atoms with Gasteiger partial charge in [-0.1, -0.05) is 19.8 Å². The third-order valence-corrected chi connectivity index (χ3v) is 3.39. The first kappa shape index (κ1) is 12.4. The Bertz CT molecular complexity index is 364. The predicted molar refractivity (Wildman–Crippen MR) is 68.9 cm³/mol. The number of nitrogen functional groups attached to an aromatic ring is 1. The van der Waals surface area contributed by atoms with Gasteiger partial charge in [0.05, 0.1) is 0 Å². The largest absolute Gasteiger partial charge is 0.368 e. The summed E-state index contributed by atoms with van der Waals surface area (Å²) in [5.74, 6) is 2.14. The Morgan fingerprint density at radius 1 is 1.35 bits per heavy atom. The molecule has 1 aromatic heterocycles. The number of nitrogens with two attached hydrogens (primary N) is 1. The molecule has 17 heavy (non-hydrogen) atoms. The first-order valence-electron chi connectivity index (χ1n) is 6.04. The van der Waals surface area contributed by atoms with Crippen molar-refractivity contribution in [3.63, 3.8) is 0 Å². The Balaban J connectivity index is 1.88. The van der Waals surface area contributed by atoms with Crippen molar-refractivity contribution >= 4 is 23.5 Å². The van der Waals surface area contributed by atoms with Crippen LogP contribution in [0.15, 0.2) is 0 Å². The summed E-state index contributed by atoms with van der Waals surface area (Å²) < 4.78 is 0. The summed E-state index contributed by atoms with van der Waals surface area (Å²) >= 11 is 5.71. The number of rotatable bonds is 3. The minimum absolute atomic E-state index is 0.136. The lowest BCUT2D eigenvalue weighted by Gasteiger charge is -2.26. The van der Waals surface area contributed by atoms with E-state index in [4.69, 9.17) is 17.3 Å². The molecule has 1 heterocycles.